The van der Waals surface area contributed by atoms with E-state index in [4.69, 9.17) is 4.98 Å². The van der Waals surface area contributed by atoms with E-state index >= 15 is 0 Å². The number of aromatic nitrogens is 1. The van der Waals surface area contributed by atoms with Gasteiger partial charge in [0, 0.05) is 48.5 Å². The number of aryl methyl sites for hydroxylation is 2. The molecule has 2 atom stereocenters. The van der Waals surface area contributed by atoms with E-state index in [-0.39, 0.29) is 17.6 Å². The van der Waals surface area contributed by atoms with E-state index in [0.29, 0.717) is 55.0 Å². The van der Waals surface area contributed by atoms with Crippen LogP contribution in [0, 0.1) is 6.92 Å². The van der Waals surface area contributed by atoms with Crippen molar-refractivity contribution < 1.29 is 39.9 Å². The van der Waals surface area contributed by atoms with Gasteiger partial charge in [-0.15, -0.1) is 0 Å². The van der Waals surface area contributed by atoms with Gasteiger partial charge in [-0.25, -0.2) is 8.42 Å². The number of sulfonamides is 1. The van der Waals surface area contributed by atoms with Crippen LogP contribution >= 0.6 is 0 Å². The Bertz CT molecular complexity index is 1300. The standard InChI is InChI=1S/C25H29F6N3O3S/c1-4-22-21(20-7-5-16(11-15(20)2)23(35,24(26,27)28)25(29,30)31)8-6-17(32-22)13-33-10-9-18-12-19(14-33)34(18)38(3,36)37/h5-8,11,18-19,35H,4,9-10,12-14H2,1-3H3. The average Bonchev–Trinajstić information content (AvgIpc) is 3.08. The molecule has 38 heavy (non-hydrogen) atoms. The van der Waals surface area contributed by atoms with Crippen molar-refractivity contribution >= 4 is 10.0 Å². The SMILES string of the molecule is CCc1nc(CN2CCC3CC(C2)N3S(C)(=O)=O)ccc1-c1ccc(C(O)(C(F)(F)F)C(F)(F)F)cc1C. The first-order chi connectivity index (χ1) is 17.5. The van der Waals surface area contributed by atoms with Gasteiger partial charge in [0.25, 0.3) is 5.60 Å². The fraction of sp³-hybridized carbons (Fsp3) is 0.560. The molecule has 4 heterocycles. The predicted octanol–water partition coefficient (Wildman–Crippen LogP) is 4.54. The number of halogens is 6. The van der Waals surface area contributed by atoms with Crippen molar-refractivity contribution in [1.29, 1.82) is 0 Å². The zero-order valence-corrected chi connectivity index (χ0v) is 21.9. The van der Waals surface area contributed by atoms with E-state index in [1.807, 2.05) is 6.92 Å². The summed E-state index contributed by atoms with van der Waals surface area (Å²) in [5.74, 6) is 0. The number of hydrogen-bond acceptors (Lipinski definition) is 5. The number of aliphatic hydroxyl groups is 1. The molecule has 6 nitrogen and oxygen atoms in total. The summed E-state index contributed by atoms with van der Waals surface area (Å²) in [6.45, 7) is 5.00. The van der Waals surface area contributed by atoms with Gasteiger partial charge in [-0.1, -0.05) is 31.2 Å². The second kappa shape index (κ2) is 9.76. The summed E-state index contributed by atoms with van der Waals surface area (Å²) in [6.07, 6.45) is -8.69. The van der Waals surface area contributed by atoms with Gasteiger partial charge in [0.05, 0.1) is 11.9 Å². The summed E-state index contributed by atoms with van der Waals surface area (Å²) in [5.41, 5.74) is -3.82. The number of rotatable bonds is 6. The van der Waals surface area contributed by atoms with Crippen molar-refractivity contribution in [3.05, 3.63) is 52.8 Å². The highest BCUT2D eigenvalue weighted by atomic mass is 32.2. The number of alkyl halides is 6. The van der Waals surface area contributed by atoms with Crippen molar-refractivity contribution in [3.63, 3.8) is 0 Å². The molecule has 0 spiro atoms. The highest BCUT2D eigenvalue weighted by Crippen LogP contribution is 2.50. The summed E-state index contributed by atoms with van der Waals surface area (Å²) < 4.78 is 106. The lowest BCUT2D eigenvalue weighted by molar-refractivity contribution is -0.376. The highest BCUT2D eigenvalue weighted by molar-refractivity contribution is 7.88. The third-order valence-corrected chi connectivity index (χ3v) is 8.76. The molecule has 1 aromatic carbocycles. The minimum atomic E-state index is -5.96. The molecule has 210 valence electrons. The molecule has 5 rings (SSSR count). The number of benzene rings is 1. The molecule has 0 saturated carbocycles. The van der Waals surface area contributed by atoms with Crippen LogP contribution in [0.15, 0.2) is 30.3 Å². The molecule has 1 aromatic heterocycles. The van der Waals surface area contributed by atoms with E-state index in [1.165, 1.54) is 13.2 Å². The van der Waals surface area contributed by atoms with Crippen LogP contribution in [0.2, 0.25) is 0 Å². The highest BCUT2D eigenvalue weighted by Gasteiger charge is 2.71. The van der Waals surface area contributed by atoms with Crippen LogP contribution in [0.3, 0.4) is 0 Å². The third kappa shape index (κ3) is 5.05. The summed E-state index contributed by atoms with van der Waals surface area (Å²) in [6, 6.07) is 5.94. The van der Waals surface area contributed by atoms with Gasteiger partial charge in [-0.3, -0.25) is 9.88 Å². The Labute approximate surface area is 217 Å². The Kier molecular flexibility index (Phi) is 7.39. The van der Waals surface area contributed by atoms with E-state index in [2.05, 4.69) is 4.90 Å². The molecule has 0 radical (unpaired) electrons. The molecule has 0 amide bonds. The van der Waals surface area contributed by atoms with Crippen LogP contribution in [-0.4, -0.2) is 71.5 Å². The monoisotopic (exact) mass is 565 g/mol. The zero-order valence-electron chi connectivity index (χ0n) is 21.1. The topological polar surface area (TPSA) is 73.7 Å². The maximum Gasteiger partial charge on any atom is 0.430 e. The van der Waals surface area contributed by atoms with Gasteiger partial charge < -0.3 is 5.11 Å². The Morgan fingerprint density at radius 3 is 2.21 bits per heavy atom. The number of pyridine rings is 1. The Balaban J connectivity index is 1.59. The average molecular weight is 566 g/mol. The van der Waals surface area contributed by atoms with E-state index in [1.54, 1.807) is 16.4 Å². The normalized spacial score (nSPS) is 21.7. The smallest absolute Gasteiger partial charge is 0.369 e. The van der Waals surface area contributed by atoms with Crippen LogP contribution in [0.25, 0.3) is 11.1 Å². The number of fused-ring (bicyclic) bond motifs is 3. The van der Waals surface area contributed by atoms with E-state index < -0.39 is 33.5 Å². The molecule has 2 aromatic rings. The minimum absolute atomic E-state index is 0.0137. The molecule has 13 heteroatoms. The van der Waals surface area contributed by atoms with Gasteiger partial charge in [-0.2, -0.15) is 30.6 Å². The second-order valence-corrected chi connectivity index (χ2v) is 11.9. The van der Waals surface area contributed by atoms with Crippen molar-refractivity contribution in [2.24, 2.45) is 0 Å². The molecule has 3 aliphatic rings. The first-order valence-corrected chi connectivity index (χ1v) is 14.0. The Morgan fingerprint density at radius 1 is 1.03 bits per heavy atom. The molecule has 2 unspecified atom stereocenters. The molecule has 1 N–H and O–H groups in total. The van der Waals surface area contributed by atoms with Gasteiger partial charge in [0.1, 0.15) is 0 Å². The third-order valence-electron chi connectivity index (χ3n) is 7.40. The first kappa shape index (κ1) is 28.8. The summed E-state index contributed by atoms with van der Waals surface area (Å²) in [7, 11) is -3.27. The maximum absolute atomic E-state index is 13.3. The first-order valence-electron chi connectivity index (χ1n) is 12.1. The largest absolute Gasteiger partial charge is 0.430 e. The molecular formula is C25H29F6N3O3S. The van der Waals surface area contributed by atoms with Crippen LogP contribution in [0.1, 0.15) is 42.3 Å². The Hall–Kier alpha value is -2.22. The van der Waals surface area contributed by atoms with Crippen molar-refractivity contribution in [1.82, 2.24) is 14.2 Å². The molecule has 3 fully saturated rings. The van der Waals surface area contributed by atoms with Gasteiger partial charge in [0.2, 0.25) is 10.0 Å². The lowest BCUT2D eigenvalue weighted by Gasteiger charge is -2.45. The van der Waals surface area contributed by atoms with Crippen LogP contribution in [0.5, 0.6) is 0 Å². The summed E-state index contributed by atoms with van der Waals surface area (Å²) in [5, 5.41) is 9.73. The van der Waals surface area contributed by atoms with Crippen LogP contribution < -0.4 is 0 Å². The van der Waals surface area contributed by atoms with E-state index in [9.17, 15) is 39.9 Å². The molecule has 3 saturated heterocycles. The molecule has 2 bridgehead atoms. The van der Waals surface area contributed by atoms with Crippen LogP contribution in [0.4, 0.5) is 26.3 Å². The lowest BCUT2D eigenvalue weighted by Crippen LogP contribution is -2.58. The van der Waals surface area contributed by atoms with Crippen molar-refractivity contribution in [2.75, 3.05) is 19.3 Å². The second-order valence-electron chi connectivity index (χ2n) is 10.0. The summed E-state index contributed by atoms with van der Waals surface area (Å²) in [4.78, 5) is 6.85. The van der Waals surface area contributed by atoms with Gasteiger partial charge in [-0.05, 0) is 43.4 Å². The molecule has 0 aliphatic carbocycles. The quantitative estimate of drug-likeness (QED) is 0.521. The van der Waals surface area contributed by atoms with Crippen molar-refractivity contribution in [2.45, 2.75) is 69.7 Å². The van der Waals surface area contributed by atoms with E-state index in [0.717, 1.165) is 24.6 Å². The number of nitrogens with zero attached hydrogens (tertiary/aromatic N) is 3. The maximum atomic E-state index is 13.3. The predicted molar refractivity (Wildman–Crippen MR) is 129 cm³/mol. The Morgan fingerprint density at radius 2 is 1.66 bits per heavy atom. The molecule has 3 aliphatic heterocycles. The van der Waals surface area contributed by atoms with Crippen molar-refractivity contribution in [3.8, 4) is 11.1 Å². The summed E-state index contributed by atoms with van der Waals surface area (Å²) >= 11 is 0. The zero-order chi connectivity index (χ0) is 28.3. The fourth-order valence-electron chi connectivity index (χ4n) is 5.55. The fourth-order valence-corrected chi connectivity index (χ4v) is 6.97. The molecular weight excluding hydrogens is 536 g/mol. The lowest BCUT2D eigenvalue weighted by atomic mass is 9.88. The number of hydrogen-bond donors (Lipinski definition) is 1. The van der Waals surface area contributed by atoms with Gasteiger partial charge in [0.15, 0.2) is 0 Å². The van der Waals surface area contributed by atoms with Crippen LogP contribution in [-0.2, 0) is 28.6 Å². The minimum Gasteiger partial charge on any atom is -0.369 e. The van der Waals surface area contributed by atoms with Gasteiger partial charge >= 0.3 is 12.4 Å².